The molecule has 0 spiro atoms. The Morgan fingerprint density at radius 3 is 2.81 bits per heavy atom. The molecule has 140 valence electrons. The van der Waals surface area contributed by atoms with Crippen LogP contribution in [-0.2, 0) is 13.6 Å². The molecule has 0 amide bonds. The molecule has 2 aliphatic rings. The second-order valence-electron chi connectivity index (χ2n) is 7.52. The van der Waals surface area contributed by atoms with Crippen molar-refractivity contribution in [2.45, 2.75) is 32.4 Å². The van der Waals surface area contributed by atoms with Crippen molar-refractivity contribution in [1.82, 2.24) is 20.1 Å². The Bertz CT molecular complexity index is 993. The molecule has 1 saturated carbocycles. The molecule has 1 N–H and O–H groups in total. The maximum absolute atomic E-state index is 5.77. The van der Waals surface area contributed by atoms with E-state index in [-0.39, 0.29) is 0 Å². The van der Waals surface area contributed by atoms with E-state index in [0.717, 1.165) is 34.8 Å². The molecule has 1 atom stereocenters. The number of fused-ring (bicyclic) bond motifs is 2. The van der Waals surface area contributed by atoms with Crippen LogP contribution in [0.5, 0.6) is 11.5 Å². The summed E-state index contributed by atoms with van der Waals surface area (Å²) in [4.78, 5) is 4.59. The predicted octanol–water partition coefficient (Wildman–Crippen LogP) is 3.29. The third-order valence-electron chi connectivity index (χ3n) is 5.46. The summed E-state index contributed by atoms with van der Waals surface area (Å²) < 4.78 is 13.3. The van der Waals surface area contributed by atoms with Crippen LogP contribution in [0.2, 0.25) is 0 Å². The van der Waals surface area contributed by atoms with Crippen LogP contribution in [-0.4, -0.2) is 28.0 Å². The van der Waals surface area contributed by atoms with Gasteiger partial charge in [0.1, 0.15) is 13.2 Å². The fourth-order valence-electron chi connectivity index (χ4n) is 3.92. The zero-order valence-corrected chi connectivity index (χ0v) is 15.7. The number of ether oxygens (including phenoxy) is 2. The number of nitrogens with one attached hydrogen (secondary N) is 1. The summed E-state index contributed by atoms with van der Waals surface area (Å²) in [6, 6.07) is 8.86. The summed E-state index contributed by atoms with van der Waals surface area (Å²) in [5.74, 6) is 2.39. The Balaban J connectivity index is 1.37. The number of aromatic nitrogens is 3. The normalized spacial score (nSPS) is 17.3. The average Bonchev–Trinajstić information content (AvgIpc) is 3.48. The van der Waals surface area contributed by atoms with Crippen LogP contribution in [0.4, 0.5) is 0 Å². The van der Waals surface area contributed by atoms with Crippen molar-refractivity contribution in [2.24, 2.45) is 13.0 Å². The lowest BCUT2D eigenvalue weighted by Gasteiger charge is -2.23. The highest BCUT2D eigenvalue weighted by Gasteiger charge is 2.32. The first-order chi connectivity index (χ1) is 13.2. The Kier molecular flexibility index (Phi) is 4.01. The largest absolute Gasteiger partial charge is 0.486 e. The molecule has 1 unspecified atom stereocenters. The van der Waals surface area contributed by atoms with Crippen molar-refractivity contribution in [2.75, 3.05) is 13.2 Å². The Labute approximate surface area is 158 Å². The quantitative estimate of drug-likeness (QED) is 0.753. The summed E-state index contributed by atoms with van der Waals surface area (Å²) >= 11 is 0. The van der Waals surface area contributed by atoms with E-state index < -0.39 is 0 Å². The molecule has 3 aromatic rings. The minimum Gasteiger partial charge on any atom is -0.486 e. The van der Waals surface area contributed by atoms with Crippen molar-refractivity contribution >= 4 is 11.0 Å². The lowest BCUT2D eigenvalue weighted by Crippen LogP contribution is -2.23. The van der Waals surface area contributed by atoms with Gasteiger partial charge in [0, 0.05) is 31.2 Å². The summed E-state index contributed by atoms with van der Waals surface area (Å²) in [6.45, 7) is 4.06. The van der Waals surface area contributed by atoms with E-state index in [0.29, 0.717) is 25.2 Å². The monoisotopic (exact) mass is 364 g/mol. The Morgan fingerprint density at radius 1 is 1.19 bits per heavy atom. The SMILES string of the molecule is Cc1nn(C)c2ncc(CNC(c3ccc4c(c3)OCCO4)C3CC3)cc12. The molecule has 1 aromatic carbocycles. The zero-order valence-electron chi connectivity index (χ0n) is 15.7. The van der Waals surface area contributed by atoms with E-state index in [4.69, 9.17) is 9.47 Å². The summed E-state index contributed by atoms with van der Waals surface area (Å²) in [5.41, 5.74) is 4.41. The van der Waals surface area contributed by atoms with E-state index in [1.807, 2.05) is 30.9 Å². The molecule has 6 heteroatoms. The fraction of sp³-hybridized carbons (Fsp3) is 0.429. The number of pyridine rings is 1. The number of aryl methyl sites for hydroxylation is 2. The molecule has 1 aliphatic heterocycles. The molecule has 0 saturated heterocycles. The molecule has 5 rings (SSSR count). The van der Waals surface area contributed by atoms with Gasteiger partial charge in [0.05, 0.1) is 5.69 Å². The topological polar surface area (TPSA) is 61.2 Å². The highest BCUT2D eigenvalue weighted by molar-refractivity contribution is 5.78. The molecular formula is C21H24N4O2. The van der Waals surface area contributed by atoms with Gasteiger partial charge in [0.2, 0.25) is 0 Å². The predicted molar refractivity (Wildman–Crippen MR) is 103 cm³/mol. The molecule has 6 nitrogen and oxygen atoms in total. The van der Waals surface area contributed by atoms with Crippen molar-refractivity contribution in [1.29, 1.82) is 0 Å². The van der Waals surface area contributed by atoms with Gasteiger partial charge in [-0.05, 0) is 55.0 Å². The molecule has 27 heavy (non-hydrogen) atoms. The highest BCUT2D eigenvalue weighted by atomic mass is 16.6. The number of nitrogens with zero attached hydrogens (tertiary/aromatic N) is 3. The standard InChI is InChI=1S/C21H24N4O2/c1-13-17-9-14(12-23-21(17)25(2)24-13)11-22-20(15-3-4-15)16-5-6-18-19(10-16)27-8-7-26-18/h5-6,9-10,12,15,20,22H,3-4,7-8,11H2,1-2H3. The van der Waals surface area contributed by atoms with Gasteiger partial charge in [-0.1, -0.05) is 6.07 Å². The number of rotatable bonds is 5. The third kappa shape index (κ3) is 3.14. The number of benzene rings is 1. The van der Waals surface area contributed by atoms with Crippen LogP contribution in [0, 0.1) is 12.8 Å². The summed E-state index contributed by atoms with van der Waals surface area (Å²) in [6.07, 6.45) is 4.49. The van der Waals surface area contributed by atoms with Crippen LogP contribution in [0.3, 0.4) is 0 Å². The average molecular weight is 364 g/mol. The molecule has 1 aliphatic carbocycles. The first kappa shape index (κ1) is 16.6. The van der Waals surface area contributed by atoms with E-state index in [1.165, 1.54) is 24.0 Å². The van der Waals surface area contributed by atoms with Gasteiger partial charge in [-0.2, -0.15) is 5.10 Å². The van der Waals surface area contributed by atoms with Gasteiger partial charge in [-0.25, -0.2) is 4.98 Å². The van der Waals surface area contributed by atoms with Gasteiger partial charge in [-0.15, -0.1) is 0 Å². The van der Waals surface area contributed by atoms with Crippen LogP contribution < -0.4 is 14.8 Å². The number of hydrogen-bond donors (Lipinski definition) is 1. The minimum absolute atomic E-state index is 0.325. The van der Waals surface area contributed by atoms with Crippen molar-refractivity contribution < 1.29 is 9.47 Å². The van der Waals surface area contributed by atoms with E-state index in [9.17, 15) is 0 Å². The van der Waals surface area contributed by atoms with Crippen LogP contribution >= 0.6 is 0 Å². The van der Waals surface area contributed by atoms with Gasteiger partial charge in [0.15, 0.2) is 17.1 Å². The third-order valence-corrected chi connectivity index (χ3v) is 5.46. The van der Waals surface area contributed by atoms with Crippen molar-refractivity contribution in [3.63, 3.8) is 0 Å². The Morgan fingerprint density at radius 2 is 2.00 bits per heavy atom. The molecule has 1 fully saturated rings. The first-order valence-corrected chi connectivity index (χ1v) is 9.60. The van der Waals surface area contributed by atoms with Crippen molar-refractivity contribution in [3.8, 4) is 11.5 Å². The van der Waals surface area contributed by atoms with Gasteiger partial charge in [-0.3, -0.25) is 4.68 Å². The summed E-state index contributed by atoms with van der Waals surface area (Å²) in [7, 11) is 1.94. The lowest BCUT2D eigenvalue weighted by molar-refractivity contribution is 0.171. The molecular weight excluding hydrogens is 340 g/mol. The minimum atomic E-state index is 0.325. The maximum atomic E-state index is 5.77. The van der Waals surface area contributed by atoms with Crippen molar-refractivity contribution in [3.05, 3.63) is 47.3 Å². The second kappa shape index (κ2) is 6.53. The molecule has 0 bridgehead atoms. The molecule has 3 heterocycles. The van der Waals surface area contributed by atoms with E-state index >= 15 is 0 Å². The van der Waals surface area contributed by atoms with E-state index in [2.05, 4.69) is 33.6 Å². The smallest absolute Gasteiger partial charge is 0.161 e. The van der Waals surface area contributed by atoms with Gasteiger partial charge >= 0.3 is 0 Å². The van der Waals surface area contributed by atoms with Crippen LogP contribution in [0.15, 0.2) is 30.5 Å². The maximum Gasteiger partial charge on any atom is 0.161 e. The molecule has 0 radical (unpaired) electrons. The number of hydrogen-bond acceptors (Lipinski definition) is 5. The fourth-order valence-corrected chi connectivity index (χ4v) is 3.92. The highest BCUT2D eigenvalue weighted by Crippen LogP contribution is 2.43. The Hall–Kier alpha value is -2.60. The first-order valence-electron chi connectivity index (χ1n) is 9.60. The van der Waals surface area contributed by atoms with Crippen LogP contribution in [0.1, 0.15) is 35.7 Å². The zero-order chi connectivity index (χ0) is 18.4. The van der Waals surface area contributed by atoms with Gasteiger partial charge < -0.3 is 14.8 Å². The van der Waals surface area contributed by atoms with E-state index in [1.54, 1.807) is 0 Å². The molecule has 2 aromatic heterocycles. The lowest BCUT2D eigenvalue weighted by atomic mass is 10.0. The second-order valence-corrected chi connectivity index (χ2v) is 7.52. The van der Waals surface area contributed by atoms with Gasteiger partial charge in [0.25, 0.3) is 0 Å². The summed E-state index contributed by atoms with van der Waals surface area (Å²) in [5, 5.41) is 9.33. The van der Waals surface area contributed by atoms with Crippen LogP contribution in [0.25, 0.3) is 11.0 Å².